The van der Waals surface area contributed by atoms with Gasteiger partial charge in [-0.05, 0) is 30.9 Å². The van der Waals surface area contributed by atoms with Gasteiger partial charge in [0.25, 0.3) is 0 Å². The maximum atomic E-state index is 12.7. The van der Waals surface area contributed by atoms with Crippen LogP contribution < -0.4 is 10.1 Å². The third-order valence-electron chi connectivity index (χ3n) is 4.95. The van der Waals surface area contributed by atoms with Gasteiger partial charge in [-0.1, -0.05) is 39.0 Å². The number of para-hydroxylation sites is 1. The highest BCUT2D eigenvalue weighted by Crippen LogP contribution is 2.26. The molecule has 1 N–H and O–H groups in total. The molecule has 1 saturated heterocycles. The van der Waals surface area contributed by atoms with E-state index in [9.17, 15) is 9.59 Å². The van der Waals surface area contributed by atoms with Gasteiger partial charge >= 0.3 is 0 Å². The second-order valence-corrected chi connectivity index (χ2v) is 8.17. The van der Waals surface area contributed by atoms with Crippen molar-refractivity contribution in [3.63, 3.8) is 0 Å². The van der Waals surface area contributed by atoms with Crippen LogP contribution in [0.1, 0.15) is 39.2 Å². The van der Waals surface area contributed by atoms with Crippen molar-refractivity contribution in [2.75, 3.05) is 19.7 Å². The van der Waals surface area contributed by atoms with Crippen LogP contribution in [0.25, 0.3) is 0 Å². The molecule has 0 bridgehead atoms. The Labute approximate surface area is 149 Å². The average molecular weight is 344 g/mol. The smallest absolute Gasteiger partial charge is 0.227 e. The van der Waals surface area contributed by atoms with E-state index in [4.69, 9.17) is 4.74 Å². The Morgan fingerprint density at radius 2 is 2.00 bits per heavy atom. The second kappa shape index (κ2) is 7.06. The zero-order valence-electron chi connectivity index (χ0n) is 15.4. The quantitative estimate of drug-likeness (QED) is 0.896. The summed E-state index contributed by atoms with van der Waals surface area (Å²) in [7, 11) is 0. The number of nitrogens with one attached hydrogen (secondary N) is 1. The average Bonchev–Trinajstić information content (AvgIpc) is 2.60. The van der Waals surface area contributed by atoms with Crippen LogP contribution >= 0.6 is 0 Å². The number of piperidine rings is 1. The lowest BCUT2D eigenvalue weighted by Crippen LogP contribution is -2.51. The van der Waals surface area contributed by atoms with Gasteiger partial charge in [0.1, 0.15) is 12.4 Å². The number of benzene rings is 1. The lowest BCUT2D eigenvalue weighted by atomic mass is 9.90. The number of ether oxygens (including phenoxy) is 1. The van der Waals surface area contributed by atoms with Crippen LogP contribution in [0.15, 0.2) is 24.3 Å². The Kier molecular flexibility index (Phi) is 5.02. The van der Waals surface area contributed by atoms with E-state index in [0.717, 1.165) is 37.1 Å². The fourth-order valence-electron chi connectivity index (χ4n) is 3.59. The summed E-state index contributed by atoms with van der Waals surface area (Å²) >= 11 is 0. The fourth-order valence-corrected chi connectivity index (χ4v) is 3.59. The van der Waals surface area contributed by atoms with Crippen molar-refractivity contribution in [3.05, 3.63) is 29.8 Å². The number of fused-ring (bicyclic) bond motifs is 1. The summed E-state index contributed by atoms with van der Waals surface area (Å²) in [6.07, 6.45) is 2.51. The molecule has 2 aliphatic heterocycles. The van der Waals surface area contributed by atoms with E-state index in [0.29, 0.717) is 13.2 Å². The van der Waals surface area contributed by atoms with Crippen LogP contribution in [0.5, 0.6) is 5.75 Å². The summed E-state index contributed by atoms with van der Waals surface area (Å²) in [5, 5.41) is 3.13. The van der Waals surface area contributed by atoms with Crippen molar-refractivity contribution in [2.24, 2.45) is 11.3 Å². The zero-order valence-corrected chi connectivity index (χ0v) is 15.4. The highest BCUT2D eigenvalue weighted by Gasteiger charge is 2.34. The van der Waals surface area contributed by atoms with Gasteiger partial charge in [0.15, 0.2) is 0 Å². The molecule has 2 atom stereocenters. The van der Waals surface area contributed by atoms with Gasteiger partial charge in [-0.15, -0.1) is 0 Å². The van der Waals surface area contributed by atoms with Crippen molar-refractivity contribution in [1.82, 2.24) is 10.2 Å². The number of amides is 2. The van der Waals surface area contributed by atoms with Gasteiger partial charge < -0.3 is 15.0 Å². The molecule has 136 valence electrons. The molecule has 1 aromatic carbocycles. The van der Waals surface area contributed by atoms with Gasteiger partial charge in [0.05, 0.1) is 12.0 Å². The first-order valence-electron chi connectivity index (χ1n) is 9.15. The van der Waals surface area contributed by atoms with Crippen molar-refractivity contribution < 1.29 is 14.3 Å². The van der Waals surface area contributed by atoms with Crippen molar-refractivity contribution in [3.8, 4) is 5.75 Å². The van der Waals surface area contributed by atoms with E-state index >= 15 is 0 Å². The zero-order chi connectivity index (χ0) is 18.0. The minimum Gasteiger partial charge on any atom is -0.491 e. The predicted molar refractivity (Wildman–Crippen MR) is 96.3 cm³/mol. The first kappa shape index (κ1) is 17.8. The lowest BCUT2D eigenvalue weighted by Gasteiger charge is -2.36. The molecular weight excluding hydrogens is 316 g/mol. The fraction of sp³-hybridized carbons (Fsp3) is 0.600. The van der Waals surface area contributed by atoms with E-state index in [1.165, 1.54) is 0 Å². The minimum atomic E-state index is -0.403. The van der Waals surface area contributed by atoms with E-state index in [1.807, 2.05) is 49.9 Å². The van der Waals surface area contributed by atoms with Gasteiger partial charge in [-0.25, -0.2) is 0 Å². The Morgan fingerprint density at radius 3 is 2.76 bits per heavy atom. The first-order valence-corrected chi connectivity index (χ1v) is 9.15. The topological polar surface area (TPSA) is 58.6 Å². The summed E-state index contributed by atoms with van der Waals surface area (Å²) in [5.41, 5.74) is 0.728. The van der Waals surface area contributed by atoms with Gasteiger partial charge in [0.2, 0.25) is 11.8 Å². The summed E-state index contributed by atoms with van der Waals surface area (Å²) in [5.74, 6) is 0.948. The third kappa shape index (κ3) is 4.14. The monoisotopic (exact) mass is 344 g/mol. The minimum absolute atomic E-state index is 0.00362. The molecule has 1 fully saturated rings. The largest absolute Gasteiger partial charge is 0.491 e. The normalized spacial score (nSPS) is 23.4. The Morgan fingerprint density at radius 1 is 1.24 bits per heavy atom. The Balaban J connectivity index is 1.57. The summed E-state index contributed by atoms with van der Waals surface area (Å²) in [6.45, 7) is 7.55. The van der Waals surface area contributed by atoms with Crippen LogP contribution in [-0.2, 0) is 16.0 Å². The highest BCUT2D eigenvalue weighted by molar-refractivity contribution is 5.84. The van der Waals surface area contributed by atoms with Crippen LogP contribution in [-0.4, -0.2) is 42.5 Å². The maximum Gasteiger partial charge on any atom is 0.227 e. The molecule has 25 heavy (non-hydrogen) atoms. The molecule has 2 amide bonds. The number of hydrogen-bond donors (Lipinski definition) is 1. The number of carbonyl (C=O) groups excluding carboxylic acids is 2. The van der Waals surface area contributed by atoms with E-state index in [1.54, 1.807) is 0 Å². The molecule has 2 heterocycles. The molecule has 0 spiro atoms. The van der Waals surface area contributed by atoms with Gasteiger partial charge in [0, 0.05) is 18.5 Å². The Hall–Kier alpha value is -2.04. The number of hydrogen-bond acceptors (Lipinski definition) is 3. The molecule has 2 aliphatic rings. The molecule has 0 unspecified atom stereocenters. The molecule has 0 aliphatic carbocycles. The van der Waals surface area contributed by atoms with E-state index < -0.39 is 5.41 Å². The Bertz CT molecular complexity index is 651. The molecule has 0 saturated carbocycles. The maximum absolute atomic E-state index is 12.7. The number of nitrogens with zero attached hydrogens (tertiary/aromatic N) is 1. The molecular formula is C20H28N2O3. The van der Waals surface area contributed by atoms with Crippen molar-refractivity contribution in [2.45, 2.75) is 46.1 Å². The molecule has 0 radical (unpaired) electrons. The molecule has 5 heteroatoms. The number of rotatable bonds is 2. The van der Waals surface area contributed by atoms with E-state index in [-0.39, 0.29) is 23.8 Å². The number of carbonyl (C=O) groups is 2. The lowest BCUT2D eigenvalue weighted by molar-refractivity contribution is -0.143. The molecule has 5 nitrogen and oxygen atoms in total. The first-order chi connectivity index (χ1) is 11.8. The van der Waals surface area contributed by atoms with Crippen molar-refractivity contribution >= 4 is 11.8 Å². The number of likely N-dealkylation sites (tertiary alicyclic amines) is 1. The summed E-state index contributed by atoms with van der Waals surface area (Å²) in [6, 6.07) is 7.95. The molecule has 0 aromatic heterocycles. The van der Waals surface area contributed by atoms with Crippen LogP contribution in [0.2, 0.25) is 0 Å². The predicted octanol–water partition coefficient (Wildman–Crippen LogP) is 2.39. The third-order valence-corrected chi connectivity index (χ3v) is 4.95. The van der Waals surface area contributed by atoms with Crippen LogP contribution in [0, 0.1) is 11.3 Å². The molecule has 1 aromatic rings. The SMILES string of the molecule is CC(C)(C)C(=O)N1CCC[C@H](C(=O)N[C@H]2COc3ccccc3C2)C1. The van der Waals surface area contributed by atoms with Gasteiger partial charge in [-0.3, -0.25) is 9.59 Å². The second-order valence-electron chi connectivity index (χ2n) is 8.17. The molecule has 3 rings (SSSR count). The van der Waals surface area contributed by atoms with Crippen LogP contribution in [0.4, 0.5) is 0 Å². The standard InChI is InChI=1S/C20H28N2O3/c1-20(2,3)19(24)22-10-6-8-15(12-22)18(23)21-16-11-14-7-4-5-9-17(14)25-13-16/h4-5,7,9,15-16H,6,8,10-13H2,1-3H3,(H,21,23)/t15-,16+/m0/s1. The van der Waals surface area contributed by atoms with Crippen LogP contribution in [0.3, 0.4) is 0 Å². The van der Waals surface area contributed by atoms with Crippen molar-refractivity contribution in [1.29, 1.82) is 0 Å². The highest BCUT2D eigenvalue weighted by atomic mass is 16.5. The van der Waals surface area contributed by atoms with Gasteiger partial charge in [-0.2, -0.15) is 0 Å². The summed E-state index contributed by atoms with van der Waals surface area (Å²) < 4.78 is 5.75. The summed E-state index contributed by atoms with van der Waals surface area (Å²) in [4.78, 5) is 27.0. The van der Waals surface area contributed by atoms with E-state index in [2.05, 4.69) is 5.32 Å².